The maximum absolute atomic E-state index is 10.6. The predicted octanol–water partition coefficient (Wildman–Crippen LogP) is 5.32. The van der Waals surface area contributed by atoms with Crippen molar-refractivity contribution >= 4 is 5.97 Å². The van der Waals surface area contributed by atoms with Gasteiger partial charge in [-0.25, -0.2) is 4.79 Å². The number of epoxide rings is 1. The lowest BCUT2D eigenvalue weighted by Crippen LogP contribution is -2.07. The molecule has 124 valence electrons. The Morgan fingerprint density at radius 2 is 1.24 bits per heavy atom. The van der Waals surface area contributed by atoms with Gasteiger partial charge >= 0.3 is 5.97 Å². The van der Waals surface area contributed by atoms with Crippen LogP contribution in [0.2, 0.25) is 0 Å². The van der Waals surface area contributed by atoms with E-state index in [2.05, 4.69) is 6.92 Å². The molecule has 21 heavy (non-hydrogen) atoms. The van der Waals surface area contributed by atoms with Gasteiger partial charge in [-0.05, 0) is 6.42 Å². The Labute approximate surface area is 130 Å². The van der Waals surface area contributed by atoms with E-state index in [4.69, 9.17) is 9.84 Å². The van der Waals surface area contributed by atoms with Crippen LogP contribution in [0.15, 0.2) is 0 Å². The molecule has 0 unspecified atom stereocenters. The minimum Gasteiger partial charge on any atom is -0.479 e. The van der Waals surface area contributed by atoms with E-state index in [0.717, 1.165) is 12.8 Å². The molecule has 3 nitrogen and oxygen atoms in total. The predicted molar refractivity (Wildman–Crippen MR) is 86.6 cm³/mol. The fourth-order valence-corrected chi connectivity index (χ4v) is 2.94. The summed E-state index contributed by atoms with van der Waals surface area (Å²) in [6.07, 6.45) is 18.0. The highest BCUT2D eigenvalue weighted by molar-refractivity contribution is 5.75. The first-order valence-corrected chi connectivity index (χ1v) is 9.14. The number of hydrogen-bond donors (Lipinski definition) is 1. The lowest BCUT2D eigenvalue weighted by Gasteiger charge is -2.02. The third-order valence-corrected chi connectivity index (χ3v) is 4.42. The summed E-state index contributed by atoms with van der Waals surface area (Å²) in [4.78, 5) is 10.6. The Kier molecular flexibility index (Phi) is 10.6. The van der Waals surface area contributed by atoms with Crippen LogP contribution in [0.4, 0.5) is 0 Å². The van der Waals surface area contributed by atoms with Gasteiger partial charge in [0.25, 0.3) is 0 Å². The van der Waals surface area contributed by atoms with E-state index in [0.29, 0.717) is 0 Å². The van der Waals surface area contributed by atoms with E-state index < -0.39 is 12.1 Å². The highest BCUT2D eigenvalue weighted by Crippen LogP contribution is 2.27. The minimum absolute atomic E-state index is 0.00945. The topological polar surface area (TPSA) is 49.8 Å². The molecule has 1 saturated heterocycles. The zero-order valence-corrected chi connectivity index (χ0v) is 13.8. The van der Waals surface area contributed by atoms with Crippen LogP contribution in [0.25, 0.3) is 0 Å². The molecule has 1 heterocycles. The quantitative estimate of drug-likeness (QED) is 0.329. The molecule has 0 aliphatic carbocycles. The second-order valence-electron chi connectivity index (χ2n) is 6.46. The summed E-state index contributed by atoms with van der Waals surface area (Å²) < 4.78 is 5.09. The number of carboxylic acid groups (broad SMARTS) is 1. The highest BCUT2D eigenvalue weighted by Gasteiger charge is 2.44. The molecule has 0 aromatic carbocycles. The summed E-state index contributed by atoms with van der Waals surface area (Å²) in [5.74, 6) is -0.797. The van der Waals surface area contributed by atoms with E-state index >= 15 is 0 Å². The van der Waals surface area contributed by atoms with Crippen molar-refractivity contribution in [2.24, 2.45) is 0 Å². The van der Waals surface area contributed by atoms with E-state index in [1.54, 1.807) is 0 Å². The van der Waals surface area contributed by atoms with Gasteiger partial charge in [-0.3, -0.25) is 0 Å². The molecule has 3 heteroatoms. The number of carbonyl (C=O) groups is 1. The van der Waals surface area contributed by atoms with Crippen molar-refractivity contribution in [3.05, 3.63) is 0 Å². The van der Waals surface area contributed by atoms with Crippen LogP contribution >= 0.6 is 0 Å². The summed E-state index contributed by atoms with van der Waals surface area (Å²) >= 11 is 0. The van der Waals surface area contributed by atoms with Crippen molar-refractivity contribution in [3.8, 4) is 0 Å². The molecule has 0 aromatic rings. The van der Waals surface area contributed by atoms with Crippen molar-refractivity contribution in [1.82, 2.24) is 0 Å². The van der Waals surface area contributed by atoms with Crippen molar-refractivity contribution in [2.45, 2.75) is 109 Å². The van der Waals surface area contributed by atoms with Gasteiger partial charge in [0.2, 0.25) is 0 Å². The van der Waals surface area contributed by atoms with Gasteiger partial charge in [0.15, 0.2) is 6.10 Å². The second kappa shape index (κ2) is 12.0. The smallest absolute Gasteiger partial charge is 0.335 e. The molecule has 0 spiro atoms. The third kappa shape index (κ3) is 9.89. The van der Waals surface area contributed by atoms with Crippen LogP contribution < -0.4 is 0 Å². The second-order valence-corrected chi connectivity index (χ2v) is 6.46. The average molecular weight is 298 g/mol. The molecule has 1 rings (SSSR count). The van der Waals surface area contributed by atoms with Gasteiger partial charge < -0.3 is 9.84 Å². The molecule has 0 saturated carbocycles. The van der Waals surface area contributed by atoms with Crippen molar-refractivity contribution in [2.75, 3.05) is 0 Å². The van der Waals surface area contributed by atoms with Crippen LogP contribution in [0.3, 0.4) is 0 Å². The molecule has 1 aliphatic rings. The van der Waals surface area contributed by atoms with E-state index in [-0.39, 0.29) is 6.10 Å². The fourth-order valence-electron chi connectivity index (χ4n) is 2.94. The van der Waals surface area contributed by atoms with Crippen LogP contribution in [0.5, 0.6) is 0 Å². The minimum atomic E-state index is -0.797. The summed E-state index contributed by atoms with van der Waals surface area (Å²) in [7, 11) is 0. The largest absolute Gasteiger partial charge is 0.479 e. The van der Waals surface area contributed by atoms with Crippen LogP contribution in [-0.4, -0.2) is 23.3 Å². The Hall–Kier alpha value is -0.570. The molecule has 0 radical (unpaired) electrons. The van der Waals surface area contributed by atoms with E-state index in [1.807, 2.05) is 0 Å². The number of aliphatic carboxylic acids is 1. The first kappa shape index (κ1) is 18.5. The first-order chi connectivity index (χ1) is 10.3. The maximum Gasteiger partial charge on any atom is 0.335 e. The van der Waals surface area contributed by atoms with Crippen molar-refractivity contribution < 1.29 is 14.6 Å². The van der Waals surface area contributed by atoms with Gasteiger partial charge in [0.1, 0.15) is 0 Å². The van der Waals surface area contributed by atoms with Gasteiger partial charge in [-0.15, -0.1) is 0 Å². The van der Waals surface area contributed by atoms with Crippen molar-refractivity contribution in [3.63, 3.8) is 0 Å². The highest BCUT2D eigenvalue weighted by atomic mass is 16.6. The lowest BCUT2D eigenvalue weighted by molar-refractivity contribution is -0.138. The molecule has 1 fully saturated rings. The molecule has 1 N–H and O–H groups in total. The Balaban J connectivity index is 1.69. The Morgan fingerprint density at radius 3 is 1.62 bits per heavy atom. The fraction of sp³-hybridized carbons (Fsp3) is 0.944. The summed E-state index contributed by atoms with van der Waals surface area (Å²) in [5.41, 5.74) is 0. The number of carboxylic acids is 1. The van der Waals surface area contributed by atoms with Crippen LogP contribution in [0, 0.1) is 0 Å². The van der Waals surface area contributed by atoms with Gasteiger partial charge in [0.05, 0.1) is 6.10 Å². The normalized spacial score (nSPS) is 20.6. The summed E-state index contributed by atoms with van der Waals surface area (Å²) in [6, 6.07) is 0. The number of rotatable bonds is 15. The van der Waals surface area contributed by atoms with Gasteiger partial charge in [0, 0.05) is 0 Å². The summed E-state index contributed by atoms with van der Waals surface area (Å²) in [6.45, 7) is 2.27. The zero-order valence-electron chi connectivity index (χ0n) is 13.8. The third-order valence-electron chi connectivity index (χ3n) is 4.42. The van der Waals surface area contributed by atoms with Crippen molar-refractivity contribution in [1.29, 1.82) is 0 Å². The Bertz CT molecular complexity index is 265. The standard InChI is InChI=1S/C18H34O3/c1-2-3-4-5-6-7-8-9-10-11-12-13-14-15-16-17(21-16)18(19)20/h16-17H,2-15H2,1H3,(H,19,20)/t16-,17+/m1/s1. The van der Waals surface area contributed by atoms with Crippen LogP contribution in [0.1, 0.15) is 96.8 Å². The first-order valence-electron chi connectivity index (χ1n) is 9.14. The lowest BCUT2D eigenvalue weighted by atomic mass is 10.0. The molecular weight excluding hydrogens is 264 g/mol. The molecular formula is C18H34O3. The molecule has 1 aliphatic heterocycles. The SMILES string of the molecule is CCCCCCCCCCCCCCC[C@H]1O[C@@H]1C(=O)O. The molecule has 0 aromatic heterocycles. The molecule has 2 atom stereocenters. The molecule has 0 amide bonds. The van der Waals surface area contributed by atoms with E-state index in [1.165, 1.54) is 77.0 Å². The number of ether oxygens (including phenoxy) is 1. The number of unbranched alkanes of at least 4 members (excludes halogenated alkanes) is 12. The average Bonchev–Trinajstić information content (AvgIpc) is 3.24. The Morgan fingerprint density at radius 1 is 0.810 bits per heavy atom. The zero-order chi connectivity index (χ0) is 15.3. The summed E-state index contributed by atoms with van der Waals surface area (Å²) in [5, 5.41) is 8.70. The van der Waals surface area contributed by atoms with Gasteiger partial charge in [-0.1, -0.05) is 90.4 Å². The van der Waals surface area contributed by atoms with Gasteiger partial charge in [-0.2, -0.15) is 0 Å². The van der Waals surface area contributed by atoms with Crippen LogP contribution in [-0.2, 0) is 9.53 Å². The maximum atomic E-state index is 10.6. The molecule has 0 bridgehead atoms. The van der Waals surface area contributed by atoms with E-state index in [9.17, 15) is 4.79 Å². The monoisotopic (exact) mass is 298 g/mol. The number of hydrogen-bond acceptors (Lipinski definition) is 2.